The average molecular weight is 441 g/mol. The fourth-order valence-electron chi connectivity index (χ4n) is 5.04. The lowest BCUT2D eigenvalue weighted by Crippen LogP contribution is -2.50. The van der Waals surface area contributed by atoms with Crippen LogP contribution in [0.25, 0.3) is 0 Å². The largest absolute Gasteiger partial charge is 0.446 e. The lowest BCUT2D eigenvalue weighted by molar-refractivity contribution is -0.131. The van der Waals surface area contributed by atoms with Crippen molar-refractivity contribution in [3.8, 4) is 0 Å². The van der Waals surface area contributed by atoms with E-state index in [-0.39, 0.29) is 30.4 Å². The Morgan fingerprint density at radius 2 is 1.75 bits per heavy atom. The number of hydrogen-bond acceptors (Lipinski definition) is 5. The number of imide groups is 1. The molecule has 1 saturated heterocycles. The molecule has 32 heavy (non-hydrogen) atoms. The molecule has 2 fully saturated rings. The topological polar surface area (TPSA) is 81.9 Å². The van der Waals surface area contributed by atoms with Crippen molar-refractivity contribution < 1.29 is 23.5 Å². The van der Waals surface area contributed by atoms with Crippen molar-refractivity contribution in [3.05, 3.63) is 71.5 Å². The Labute approximate surface area is 187 Å². The molecule has 6 nitrogen and oxygen atoms in total. The zero-order valence-corrected chi connectivity index (χ0v) is 18.2. The van der Waals surface area contributed by atoms with Crippen LogP contribution in [0.2, 0.25) is 0 Å². The third-order valence-corrected chi connectivity index (χ3v) is 6.78. The Kier molecular flexibility index (Phi) is 6.86. The Morgan fingerprint density at radius 1 is 1.09 bits per heavy atom. The molecule has 1 heterocycles. The second-order valence-corrected chi connectivity index (χ2v) is 8.59. The van der Waals surface area contributed by atoms with Gasteiger partial charge in [-0.25, -0.2) is 14.1 Å². The monoisotopic (exact) mass is 440 g/mol. The summed E-state index contributed by atoms with van der Waals surface area (Å²) in [5, 5.41) is 0. The van der Waals surface area contributed by atoms with Gasteiger partial charge in [0.1, 0.15) is 18.5 Å². The van der Waals surface area contributed by atoms with E-state index in [9.17, 15) is 14.0 Å². The van der Waals surface area contributed by atoms with Crippen LogP contribution in [-0.2, 0) is 14.3 Å². The molecule has 2 aromatic rings. The van der Waals surface area contributed by atoms with E-state index in [1.165, 1.54) is 12.1 Å². The number of rotatable bonds is 6. The van der Waals surface area contributed by atoms with Gasteiger partial charge >= 0.3 is 6.09 Å². The summed E-state index contributed by atoms with van der Waals surface area (Å²) >= 11 is 0. The van der Waals surface area contributed by atoms with Crippen molar-refractivity contribution in [1.29, 1.82) is 0 Å². The summed E-state index contributed by atoms with van der Waals surface area (Å²) < 4.78 is 24.3. The van der Waals surface area contributed by atoms with Crippen LogP contribution in [0.5, 0.6) is 0 Å². The van der Waals surface area contributed by atoms with Crippen LogP contribution in [0.3, 0.4) is 0 Å². The summed E-state index contributed by atoms with van der Waals surface area (Å²) in [5.41, 5.74) is 8.21. The van der Waals surface area contributed by atoms with Gasteiger partial charge in [0.15, 0.2) is 0 Å². The van der Waals surface area contributed by atoms with Crippen molar-refractivity contribution in [2.24, 2.45) is 11.7 Å². The quantitative estimate of drug-likeness (QED) is 0.729. The first-order chi connectivity index (χ1) is 15.5. The van der Waals surface area contributed by atoms with Crippen molar-refractivity contribution in [3.63, 3.8) is 0 Å². The van der Waals surface area contributed by atoms with E-state index in [2.05, 4.69) is 0 Å². The molecular formula is C25H29FN2O4. The van der Waals surface area contributed by atoms with Gasteiger partial charge in [-0.3, -0.25) is 4.79 Å². The van der Waals surface area contributed by atoms with E-state index in [4.69, 9.17) is 15.2 Å². The van der Waals surface area contributed by atoms with Gasteiger partial charge in [0.05, 0.1) is 12.1 Å². The lowest BCUT2D eigenvalue weighted by Gasteiger charge is -2.37. The van der Waals surface area contributed by atoms with Crippen molar-refractivity contribution in [2.75, 3.05) is 13.7 Å². The maximum atomic E-state index is 13.6. The molecule has 2 aliphatic rings. The Bertz CT molecular complexity index is 929. The fourth-order valence-corrected chi connectivity index (χ4v) is 5.04. The normalized spacial score (nSPS) is 25.3. The summed E-state index contributed by atoms with van der Waals surface area (Å²) in [7, 11) is 1.71. The average Bonchev–Trinajstić information content (AvgIpc) is 3.22. The third kappa shape index (κ3) is 4.54. The number of halogens is 1. The van der Waals surface area contributed by atoms with Gasteiger partial charge < -0.3 is 15.2 Å². The van der Waals surface area contributed by atoms with E-state index in [0.29, 0.717) is 0 Å². The summed E-state index contributed by atoms with van der Waals surface area (Å²) in [6.45, 7) is 0.0987. The second-order valence-electron chi connectivity index (χ2n) is 8.59. The number of amides is 2. The first kappa shape index (κ1) is 22.4. The number of nitrogens with two attached hydrogens (primary N) is 1. The number of cyclic esters (lactones) is 1. The highest BCUT2D eigenvalue weighted by atomic mass is 19.1. The summed E-state index contributed by atoms with van der Waals surface area (Å²) in [6, 6.07) is 14.0. The van der Waals surface area contributed by atoms with Crippen molar-refractivity contribution in [2.45, 2.75) is 49.8 Å². The molecular weight excluding hydrogens is 411 g/mol. The van der Waals surface area contributed by atoms with Gasteiger partial charge in [-0.2, -0.15) is 0 Å². The first-order valence-electron chi connectivity index (χ1n) is 11.1. The fraction of sp³-hybridized carbons (Fsp3) is 0.440. The first-order valence-corrected chi connectivity index (χ1v) is 11.1. The minimum Gasteiger partial charge on any atom is -0.446 e. The molecule has 0 spiro atoms. The maximum Gasteiger partial charge on any atom is 0.417 e. The number of benzene rings is 2. The number of nitrogens with zero attached hydrogens (tertiary/aromatic N) is 1. The van der Waals surface area contributed by atoms with Gasteiger partial charge in [0.2, 0.25) is 5.91 Å². The molecule has 0 unspecified atom stereocenters. The smallest absolute Gasteiger partial charge is 0.417 e. The number of ether oxygens (including phenoxy) is 2. The molecule has 2 N–H and O–H groups in total. The predicted octanol–water partition coefficient (Wildman–Crippen LogP) is 4.16. The minimum atomic E-state index is -0.957. The number of carbonyl (C=O) groups is 2. The van der Waals surface area contributed by atoms with Crippen LogP contribution in [0.1, 0.15) is 48.8 Å². The minimum absolute atomic E-state index is 0.0987. The van der Waals surface area contributed by atoms with Gasteiger partial charge in [0, 0.05) is 13.0 Å². The number of carbonyl (C=O) groups excluding carboxylic acids is 2. The van der Waals surface area contributed by atoms with Crippen LogP contribution >= 0.6 is 0 Å². The standard InChI is InChI=1S/C25H29FN2O4/c1-31-20-13-9-18(10-14-20)22(17-7-11-19(26)12-8-17)23(27)24(29)28-21(15-32-25(28)30)16-5-3-2-4-6-16/h2-8,11-12,18,20-23H,9-10,13-15,27H2,1H3/t18-,20-,21-,22+,23+/m1/s1. The molecule has 0 radical (unpaired) electrons. The highest BCUT2D eigenvalue weighted by Gasteiger charge is 2.44. The van der Waals surface area contributed by atoms with E-state index in [1.54, 1.807) is 19.2 Å². The van der Waals surface area contributed by atoms with Crippen LogP contribution in [-0.4, -0.2) is 42.8 Å². The highest BCUT2D eigenvalue weighted by Crippen LogP contribution is 2.40. The molecule has 1 aliphatic carbocycles. The lowest BCUT2D eigenvalue weighted by atomic mass is 9.72. The Balaban J connectivity index is 1.62. The second kappa shape index (κ2) is 9.79. The van der Waals surface area contributed by atoms with Gasteiger partial charge in [-0.05, 0) is 54.9 Å². The van der Waals surface area contributed by atoms with Crippen LogP contribution in [0.15, 0.2) is 54.6 Å². The molecule has 0 bridgehead atoms. The SMILES string of the molecule is CO[C@H]1CC[C@H]([C@H](c2ccc(F)cc2)[C@H](N)C(=O)N2C(=O)OC[C@@H]2c2ccccc2)CC1. The van der Waals surface area contributed by atoms with E-state index < -0.39 is 24.1 Å². The zero-order chi connectivity index (χ0) is 22.7. The van der Waals surface area contributed by atoms with Crippen molar-refractivity contribution >= 4 is 12.0 Å². The summed E-state index contributed by atoms with van der Waals surface area (Å²) in [4.78, 5) is 27.3. The van der Waals surface area contributed by atoms with Gasteiger partial charge in [-0.15, -0.1) is 0 Å². The Morgan fingerprint density at radius 3 is 2.38 bits per heavy atom. The summed E-state index contributed by atoms with van der Waals surface area (Å²) in [6.07, 6.45) is 2.95. The third-order valence-electron chi connectivity index (χ3n) is 6.78. The van der Waals surface area contributed by atoms with Gasteiger partial charge in [-0.1, -0.05) is 42.5 Å². The predicted molar refractivity (Wildman–Crippen MR) is 117 cm³/mol. The molecule has 0 aromatic heterocycles. The molecule has 3 atom stereocenters. The highest BCUT2D eigenvalue weighted by molar-refractivity contribution is 5.97. The van der Waals surface area contributed by atoms with Crippen LogP contribution in [0.4, 0.5) is 9.18 Å². The van der Waals surface area contributed by atoms with E-state index in [0.717, 1.165) is 41.7 Å². The summed E-state index contributed by atoms with van der Waals surface area (Å²) in [5.74, 6) is -1.03. The molecule has 7 heteroatoms. The molecule has 2 aromatic carbocycles. The zero-order valence-electron chi connectivity index (χ0n) is 18.2. The van der Waals surface area contributed by atoms with Crippen LogP contribution in [0, 0.1) is 11.7 Å². The Hall–Kier alpha value is -2.77. The van der Waals surface area contributed by atoms with Crippen molar-refractivity contribution in [1.82, 2.24) is 4.90 Å². The molecule has 1 saturated carbocycles. The molecule has 2 amide bonds. The molecule has 4 rings (SSSR count). The number of methoxy groups -OCH3 is 1. The van der Waals surface area contributed by atoms with E-state index in [1.807, 2.05) is 30.3 Å². The molecule has 170 valence electrons. The van der Waals surface area contributed by atoms with Crippen LogP contribution < -0.4 is 5.73 Å². The molecule has 1 aliphatic heterocycles. The number of hydrogen-bond donors (Lipinski definition) is 1. The van der Waals surface area contributed by atoms with E-state index >= 15 is 0 Å². The maximum absolute atomic E-state index is 13.6. The van der Waals surface area contributed by atoms with Gasteiger partial charge in [0.25, 0.3) is 0 Å².